The second-order valence-corrected chi connectivity index (χ2v) is 9.52. The average molecular weight is 461 g/mol. The Labute approximate surface area is 192 Å². The molecule has 1 saturated heterocycles. The second-order valence-electron chi connectivity index (χ2n) is 9.52. The summed E-state index contributed by atoms with van der Waals surface area (Å²) in [5, 5.41) is 41.7. The van der Waals surface area contributed by atoms with Crippen molar-refractivity contribution in [3.05, 3.63) is 11.6 Å². The van der Waals surface area contributed by atoms with Gasteiger partial charge in [-0.05, 0) is 38.2 Å². The predicted molar refractivity (Wildman–Crippen MR) is 121 cm³/mol. The molecule has 0 amide bonds. The fraction of sp³-hybridized carbons (Fsp3) is 0.875. The molecule has 0 aliphatic carbocycles. The van der Waals surface area contributed by atoms with Crippen LogP contribution in [0.2, 0.25) is 0 Å². The van der Waals surface area contributed by atoms with Crippen molar-refractivity contribution in [2.24, 2.45) is 11.3 Å². The minimum atomic E-state index is -1.46. The number of aliphatic hydroxyl groups excluding tert-OH is 4. The maximum atomic E-state index is 12.8. The summed E-state index contributed by atoms with van der Waals surface area (Å²) in [6, 6.07) is 0. The lowest BCUT2D eigenvalue weighted by atomic mass is 9.76. The van der Waals surface area contributed by atoms with Gasteiger partial charge < -0.3 is 34.6 Å². The van der Waals surface area contributed by atoms with E-state index in [-0.39, 0.29) is 25.4 Å². The molecule has 32 heavy (non-hydrogen) atoms. The highest BCUT2D eigenvalue weighted by Crippen LogP contribution is 2.33. The number of cyclic esters (lactones) is 1. The molecule has 0 radical (unpaired) electrons. The zero-order chi connectivity index (χ0) is 24.5. The lowest BCUT2D eigenvalue weighted by Crippen LogP contribution is -2.44. The average Bonchev–Trinajstić information content (AvgIpc) is 2.77. The number of methoxy groups -OCH3 is 2. The maximum absolute atomic E-state index is 12.8. The van der Waals surface area contributed by atoms with E-state index in [1.165, 1.54) is 14.2 Å². The topological polar surface area (TPSA) is 126 Å². The lowest BCUT2D eigenvalue weighted by molar-refractivity contribution is -0.167. The largest absolute Gasteiger partial charge is 0.456 e. The van der Waals surface area contributed by atoms with Gasteiger partial charge in [-0.1, -0.05) is 26.8 Å². The van der Waals surface area contributed by atoms with Crippen LogP contribution >= 0.6 is 0 Å². The van der Waals surface area contributed by atoms with Gasteiger partial charge in [-0.15, -0.1) is 0 Å². The third kappa shape index (κ3) is 8.08. The van der Waals surface area contributed by atoms with Gasteiger partial charge in [0, 0.05) is 45.0 Å². The van der Waals surface area contributed by atoms with Gasteiger partial charge >= 0.3 is 5.97 Å². The van der Waals surface area contributed by atoms with E-state index in [9.17, 15) is 25.2 Å². The van der Waals surface area contributed by atoms with Gasteiger partial charge in [0.25, 0.3) is 0 Å². The van der Waals surface area contributed by atoms with Crippen molar-refractivity contribution in [2.45, 2.75) is 103 Å². The summed E-state index contributed by atoms with van der Waals surface area (Å²) in [5.74, 6) is -0.876. The predicted octanol–water partition coefficient (Wildman–Crippen LogP) is 1.97. The standard InChI is InChI=1S/C24H44O8/c1-7-16(14-25)11-15(2)19-12-17(30-5)13-21(27)24(3,4)20(26)10-8-9-18(31-6)22(28)23(29)32-19/h11,16-22,25-28H,7-10,12-14H2,1-6H3/b15-11+/t16-,17-,18-,19?,20+,21+,22+/m1/s1. The minimum absolute atomic E-state index is 0.0264. The molecule has 1 aliphatic rings. The number of hydrogen-bond donors (Lipinski definition) is 4. The van der Waals surface area contributed by atoms with Crippen LogP contribution in [-0.4, -0.2) is 83.8 Å². The summed E-state index contributed by atoms with van der Waals surface area (Å²) in [5.41, 5.74) is -0.0353. The van der Waals surface area contributed by atoms with Crippen molar-refractivity contribution in [2.75, 3.05) is 20.8 Å². The van der Waals surface area contributed by atoms with Crippen molar-refractivity contribution in [1.29, 1.82) is 0 Å². The van der Waals surface area contributed by atoms with E-state index in [2.05, 4.69) is 0 Å². The fourth-order valence-electron chi connectivity index (χ4n) is 4.06. The molecule has 0 spiro atoms. The summed E-state index contributed by atoms with van der Waals surface area (Å²) in [6.07, 6.45) is -0.626. The Bertz CT molecular complexity index is 587. The van der Waals surface area contributed by atoms with Gasteiger partial charge in [-0.3, -0.25) is 0 Å². The summed E-state index contributed by atoms with van der Waals surface area (Å²) >= 11 is 0. The molecule has 1 aliphatic heterocycles. The number of hydrogen-bond acceptors (Lipinski definition) is 8. The first-order valence-electron chi connectivity index (χ1n) is 11.6. The van der Waals surface area contributed by atoms with Crippen LogP contribution in [0.1, 0.15) is 66.2 Å². The molecular weight excluding hydrogens is 416 g/mol. The molecular formula is C24H44O8. The Hall–Kier alpha value is -1.03. The zero-order valence-corrected chi connectivity index (χ0v) is 20.5. The molecule has 1 unspecified atom stereocenters. The summed E-state index contributed by atoms with van der Waals surface area (Å²) < 4.78 is 16.6. The number of esters is 1. The van der Waals surface area contributed by atoms with Crippen LogP contribution < -0.4 is 0 Å². The summed E-state index contributed by atoms with van der Waals surface area (Å²) in [6.45, 7) is 7.38. The third-order valence-corrected chi connectivity index (χ3v) is 6.90. The summed E-state index contributed by atoms with van der Waals surface area (Å²) in [4.78, 5) is 12.8. The van der Waals surface area contributed by atoms with Gasteiger partial charge in [0.15, 0.2) is 6.10 Å². The number of carbonyl (C=O) groups excluding carboxylic acids is 1. The van der Waals surface area contributed by atoms with Crippen molar-refractivity contribution in [3.8, 4) is 0 Å². The van der Waals surface area contributed by atoms with E-state index in [0.29, 0.717) is 19.3 Å². The molecule has 0 aromatic rings. The lowest BCUT2D eigenvalue weighted by Gasteiger charge is -2.38. The molecule has 0 aromatic carbocycles. The van der Waals surface area contributed by atoms with Gasteiger partial charge in [-0.25, -0.2) is 4.79 Å². The quantitative estimate of drug-likeness (QED) is 0.350. The van der Waals surface area contributed by atoms with Gasteiger partial charge in [0.2, 0.25) is 0 Å². The van der Waals surface area contributed by atoms with E-state index in [4.69, 9.17) is 14.2 Å². The Balaban J connectivity index is 3.29. The molecule has 0 saturated carbocycles. The summed E-state index contributed by atoms with van der Waals surface area (Å²) in [7, 11) is 2.95. The molecule has 188 valence electrons. The highest BCUT2D eigenvalue weighted by molar-refractivity contribution is 5.75. The first kappa shape index (κ1) is 29.0. The molecule has 1 heterocycles. The first-order valence-corrected chi connectivity index (χ1v) is 11.6. The Morgan fingerprint density at radius 3 is 2.34 bits per heavy atom. The molecule has 1 fully saturated rings. The molecule has 4 N–H and O–H groups in total. The number of aliphatic hydroxyl groups is 4. The molecule has 8 heteroatoms. The van der Waals surface area contributed by atoms with Crippen LogP contribution in [0.4, 0.5) is 0 Å². The Kier molecular flexibility index (Phi) is 12.3. The molecule has 0 bridgehead atoms. The van der Waals surface area contributed by atoms with Gasteiger partial charge in [0.05, 0.1) is 24.4 Å². The minimum Gasteiger partial charge on any atom is -0.456 e. The zero-order valence-electron chi connectivity index (χ0n) is 20.5. The van der Waals surface area contributed by atoms with E-state index in [1.807, 2.05) is 33.8 Å². The van der Waals surface area contributed by atoms with Crippen LogP contribution in [0.5, 0.6) is 0 Å². The SMILES string of the molecule is CC[C@H](/C=C(\C)C1C[C@@H](OC)C[C@H](O)C(C)(C)[C@@H](O)CCC[C@@H](OC)[C@H](O)C(=O)O1)CO. The second kappa shape index (κ2) is 13.6. The van der Waals surface area contributed by atoms with Crippen LogP contribution in [0.25, 0.3) is 0 Å². The Morgan fingerprint density at radius 1 is 1.16 bits per heavy atom. The monoisotopic (exact) mass is 460 g/mol. The smallest absolute Gasteiger partial charge is 0.338 e. The van der Waals surface area contributed by atoms with Crippen molar-refractivity contribution < 1.29 is 39.4 Å². The van der Waals surface area contributed by atoms with Crippen LogP contribution in [0.15, 0.2) is 11.6 Å². The Morgan fingerprint density at radius 2 is 1.81 bits per heavy atom. The number of rotatable bonds is 6. The van der Waals surface area contributed by atoms with Crippen LogP contribution in [0.3, 0.4) is 0 Å². The van der Waals surface area contributed by atoms with Gasteiger partial charge in [0.1, 0.15) is 6.10 Å². The van der Waals surface area contributed by atoms with E-state index >= 15 is 0 Å². The fourth-order valence-corrected chi connectivity index (χ4v) is 4.06. The van der Waals surface area contributed by atoms with Crippen molar-refractivity contribution in [1.82, 2.24) is 0 Å². The molecule has 0 aromatic heterocycles. The normalized spacial score (nSPS) is 34.4. The highest BCUT2D eigenvalue weighted by atomic mass is 16.6. The molecule has 8 nitrogen and oxygen atoms in total. The maximum Gasteiger partial charge on any atom is 0.338 e. The molecule has 1 rings (SSSR count). The van der Waals surface area contributed by atoms with Crippen LogP contribution in [-0.2, 0) is 19.0 Å². The first-order chi connectivity index (χ1) is 15.0. The van der Waals surface area contributed by atoms with Gasteiger partial charge in [-0.2, -0.15) is 0 Å². The van der Waals surface area contributed by atoms with E-state index in [0.717, 1.165) is 12.0 Å². The highest BCUT2D eigenvalue weighted by Gasteiger charge is 2.38. The molecule has 7 atom stereocenters. The van der Waals surface area contributed by atoms with Crippen LogP contribution in [0, 0.1) is 11.3 Å². The van der Waals surface area contributed by atoms with E-state index in [1.54, 1.807) is 0 Å². The number of carbonyl (C=O) groups is 1. The third-order valence-electron chi connectivity index (χ3n) is 6.90. The van der Waals surface area contributed by atoms with Crippen molar-refractivity contribution >= 4 is 5.97 Å². The van der Waals surface area contributed by atoms with Crippen molar-refractivity contribution in [3.63, 3.8) is 0 Å². The van der Waals surface area contributed by atoms with E-state index < -0.39 is 48.0 Å². The number of ether oxygens (including phenoxy) is 3.